The van der Waals surface area contributed by atoms with Crippen LogP contribution in [0.3, 0.4) is 0 Å². The standard InChI is InChI=1S/C14H32N2.2C5H14N2/c1-15-13-11-9-7-5-3-4-6-8-10-12-14-16-2;1-5(7-3)4-6-2;1-6-4-3-5-7-2/h15-16H,3-14H2,1-2H3;5-7H,4H2,1-3H3;6-7H,3-5H2,1-2H3. The molecule has 186 valence electrons. The first-order valence-electron chi connectivity index (χ1n) is 12.5. The highest BCUT2D eigenvalue weighted by molar-refractivity contribution is 4.56. The Hall–Kier alpha value is -0.240. The Labute approximate surface area is 190 Å². The van der Waals surface area contributed by atoms with E-state index in [1.165, 1.54) is 83.7 Å². The van der Waals surface area contributed by atoms with Gasteiger partial charge >= 0.3 is 0 Å². The lowest BCUT2D eigenvalue weighted by molar-refractivity contribution is 0.543. The number of rotatable bonds is 20. The Balaban J connectivity index is -0.000000430. The van der Waals surface area contributed by atoms with Crippen molar-refractivity contribution in [2.75, 3.05) is 75.0 Å². The second-order valence-corrected chi connectivity index (χ2v) is 8.05. The van der Waals surface area contributed by atoms with Gasteiger partial charge in [-0.05, 0) is 94.7 Å². The van der Waals surface area contributed by atoms with Crippen LogP contribution in [0.4, 0.5) is 0 Å². The van der Waals surface area contributed by atoms with Crippen LogP contribution in [0.1, 0.15) is 77.6 Å². The van der Waals surface area contributed by atoms with E-state index in [-0.39, 0.29) is 0 Å². The molecule has 0 aliphatic rings. The van der Waals surface area contributed by atoms with E-state index < -0.39 is 0 Å². The zero-order chi connectivity index (χ0) is 23.1. The largest absolute Gasteiger partial charge is 0.320 e. The maximum Gasteiger partial charge on any atom is 0.0161 e. The van der Waals surface area contributed by atoms with Crippen molar-refractivity contribution < 1.29 is 0 Å². The molecule has 0 bridgehead atoms. The fourth-order valence-corrected chi connectivity index (χ4v) is 2.87. The molecule has 0 spiro atoms. The molecule has 0 saturated heterocycles. The lowest BCUT2D eigenvalue weighted by Gasteiger charge is -2.06. The molecule has 0 aliphatic carbocycles. The quantitative estimate of drug-likeness (QED) is 0.166. The number of nitrogens with one attached hydrogen (secondary N) is 6. The van der Waals surface area contributed by atoms with Gasteiger partial charge < -0.3 is 31.9 Å². The molecular formula is C24H60N6. The summed E-state index contributed by atoms with van der Waals surface area (Å²) >= 11 is 0. The highest BCUT2D eigenvalue weighted by atomic mass is 14.9. The van der Waals surface area contributed by atoms with Gasteiger partial charge in [0.2, 0.25) is 0 Å². The van der Waals surface area contributed by atoms with Crippen LogP contribution in [0.2, 0.25) is 0 Å². The summed E-state index contributed by atoms with van der Waals surface area (Å²) in [6.07, 6.45) is 15.4. The second kappa shape index (κ2) is 36.2. The van der Waals surface area contributed by atoms with Gasteiger partial charge in [0.25, 0.3) is 0 Å². The molecule has 0 amide bonds. The predicted octanol–water partition coefficient (Wildman–Crippen LogP) is 2.96. The van der Waals surface area contributed by atoms with E-state index in [1.807, 2.05) is 42.3 Å². The molecule has 0 radical (unpaired) electrons. The Morgan fingerprint density at radius 3 is 0.933 bits per heavy atom. The van der Waals surface area contributed by atoms with Crippen molar-refractivity contribution in [3.63, 3.8) is 0 Å². The fourth-order valence-electron chi connectivity index (χ4n) is 2.87. The van der Waals surface area contributed by atoms with Crippen LogP contribution in [0, 0.1) is 0 Å². The third kappa shape index (κ3) is 42.0. The molecule has 0 heterocycles. The van der Waals surface area contributed by atoms with Crippen LogP contribution < -0.4 is 31.9 Å². The molecule has 1 atom stereocenters. The van der Waals surface area contributed by atoms with Crippen LogP contribution in [-0.4, -0.2) is 81.1 Å². The van der Waals surface area contributed by atoms with Crippen LogP contribution >= 0.6 is 0 Å². The van der Waals surface area contributed by atoms with Gasteiger partial charge in [-0.1, -0.05) is 51.4 Å². The van der Waals surface area contributed by atoms with Crippen molar-refractivity contribution in [3.05, 3.63) is 0 Å². The average molecular weight is 433 g/mol. The molecule has 30 heavy (non-hydrogen) atoms. The van der Waals surface area contributed by atoms with E-state index in [0.29, 0.717) is 6.04 Å². The average Bonchev–Trinajstić information content (AvgIpc) is 2.76. The molecule has 0 aromatic heterocycles. The smallest absolute Gasteiger partial charge is 0.0161 e. The fraction of sp³-hybridized carbons (Fsp3) is 1.00. The number of hydrogen-bond donors (Lipinski definition) is 6. The van der Waals surface area contributed by atoms with Gasteiger partial charge in [0.15, 0.2) is 0 Å². The summed E-state index contributed by atoms with van der Waals surface area (Å²) in [6.45, 7) is 7.77. The maximum absolute atomic E-state index is 3.20. The summed E-state index contributed by atoms with van der Waals surface area (Å²) < 4.78 is 0. The first-order valence-corrected chi connectivity index (χ1v) is 12.5. The minimum absolute atomic E-state index is 0.588. The summed E-state index contributed by atoms with van der Waals surface area (Å²) in [7, 11) is 11.9. The second-order valence-electron chi connectivity index (χ2n) is 8.05. The number of likely N-dealkylation sites (N-methyl/N-ethyl adjacent to an activating group) is 2. The van der Waals surface area contributed by atoms with Gasteiger partial charge in [0, 0.05) is 12.6 Å². The van der Waals surface area contributed by atoms with Crippen LogP contribution in [0.5, 0.6) is 0 Å². The molecule has 1 unspecified atom stereocenters. The Kier molecular flexibility index (Phi) is 41.4. The zero-order valence-electron chi connectivity index (χ0n) is 21.9. The van der Waals surface area contributed by atoms with E-state index in [2.05, 4.69) is 38.8 Å². The van der Waals surface area contributed by atoms with Crippen LogP contribution in [-0.2, 0) is 0 Å². The van der Waals surface area contributed by atoms with Gasteiger partial charge in [0.1, 0.15) is 0 Å². The molecule has 0 fully saturated rings. The normalized spacial score (nSPS) is 11.3. The molecule has 0 aromatic carbocycles. The highest BCUT2D eigenvalue weighted by Crippen LogP contribution is 2.10. The minimum Gasteiger partial charge on any atom is -0.320 e. The van der Waals surface area contributed by atoms with Gasteiger partial charge in [-0.2, -0.15) is 0 Å². The van der Waals surface area contributed by atoms with E-state index in [0.717, 1.165) is 19.6 Å². The van der Waals surface area contributed by atoms with Gasteiger partial charge in [0.05, 0.1) is 0 Å². The van der Waals surface area contributed by atoms with Crippen molar-refractivity contribution in [3.8, 4) is 0 Å². The molecule has 6 nitrogen and oxygen atoms in total. The maximum atomic E-state index is 3.20. The number of unbranched alkanes of at least 4 members (excludes halogenated alkanes) is 9. The van der Waals surface area contributed by atoms with E-state index >= 15 is 0 Å². The van der Waals surface area contributed by atoms with E-state index in [9.17, 15) is 0 Å². The van der Waals surface area contributed by atoms with Gasteiger partial charge in [-0.25, -0.2) is 0 Å². The highest BCUT2D eigenvalue weighted by Gasteiger charge is 1.92. The van der Waals surface area contributed by atoms with Crippen molar-refractivity contribution in [2.45, 2.75) is 83.6 Å². The Bertz CT molecular complexity index is 236. The van der Waals surface area contributed by atoms with Gasteiger partial charge in [-0.3, -0.25) is 0 Å². The first-order chi connectivity index (χ1) is 14.6. The summed E-state index contributed by atoms with van der Waals surface area (Å²) in [6, 6.07) is 0.588. The summed E-state index contributed by atoms with van der Waals surface area (Å²) in [5.74, 6) is 0. The molecule has 0 aromatic rings. The summed E-state index contributed by atoms with van der Waals surface area (Å²) in [5, 5.41) is 18.7. The molecule has 6 heteroatoms. The monoisotopic (exact) mass is 432 g/mol. The van der Waals surface area contributed by atoms with Crippen molar-refractivity contribution in [1.82, 2.24) is 31.9 Å². The molecular weight excluding hydrogens is 372 g/mol. The SMILES string of the molecule is CNCC(C)NC.CNCCCCCCCCCCCCNC.CNCCCNC. The Morgan fingerprint density at radius 1 is 0.400 bits per heavy atom. The van der Waals surface area contributed by atoms with Crippen LogP contribution in [0.15, 0.2) is 0 Å². The van der Waals surface area contributed by atoms with Crippen molar-refractivity contribution in [1.29, 1.82) is 0 Å². The molecule has 0 saturated carbocycles. The lowest BCUT2D eigenvalue weighted by atomic mass is 10.1. The zero-order valence-corrected chi connectivity index (χ0v) is 21.9. The van der Waals surface area contributed by atoms with Crippen LogP contribution in [0.25, 0.3) is 0 Å². The lowest BCUT2D eigenvalue weighted by Crippen LogP contribution is -2.31. The van der Waals surface area contributed by atoms with Crippen molar-refractivity contribution in [2.24, 2.45) is 0 Å². The van der Waals surface area contributed by atoms with E-state index in [1.54, 1.807) is 0 Å². The van der Waals surface area contributed by atoms with Crippen molar-refractivity contribution >= 4 is 0 Å². The molecule has 0 rings (SSSR count). The summed E-state index contributed by atoms with van der Waals surface area (Å²) in [5.41, 5.74) is 0. The number of hydrogen-bond acceptors (Lipinski definition) is 6. The third-order valence-electron chi connectivity index (χ3n) is 4.96. The van der Waals surface area contributed by atoms with E-state index in [4.69, 9.17) is 0 Å². The first kappa shape index (κ1) is 34.4. The molecule has 0 aliphatic heterocycles. The third-order valence-corrected chi connectivity index (χ3v) is 4.96. The minimum atomic E-state index is 0.588. The Morgan fingerprint density at radius 2 is 0.700 bits per heavy atom. The predicted molar refractivity (Wildman–Crippen MR) is 139 cm³/mol. The topological polar surface area (TPSA) is 72.2 Å². The summed E-state index contributed by atoms with van der Waals surface area (Å²) in [4.78, 5) is 0. The molecule has 6 N–H and O–H groups in total. The van der Waals surface area contributed by atoms with Gasteiger partial charge in [-0.15, -0.1) is 0 Å².